The van der Waals surface area contributed by atoms with Crippen LogP contribution in [-0.2, 0) is 5.54 Å². The quantitative estimate of drug-likeness (QED) is 0.756. The van der Waals surface area contributed by atoms with Gasteiger partial charge in [-0.2, -0.15) is 5.10 Å². The van der Waals surface area contributed by atoms with Crippen LogP contribution in [0.15, 0.2) is 12.7 Å². The third-order valence-electron chi connectivity index (χ3n) is 2.86. The van der Waals surface area contributed by atoms with Crippen LogP contribution in [0.3, 0.4) is 0 Å². The van der Waals surface area contributed by atoms with Crippen molar-refractivity contribution in [1.29, 1.82) is 0 Å². The number of aromatic nitrogens is 3. The molecule has 2 rings (SSSR count). The van der Waals surface area contributed by atoms with Gasteiger partial charge in [0, 0.05) is 32.7 Å². The van der Waals surface area contributed by atoms with Crippen molar-refractivity contribution in [2.75, 3.05) is 32.7 Å². The molecule has 1 fully saturated rings. The van der Waals surface area contributed by atoms with E-state index in [-0.39, 0.29) is 5.54 Å². The van der Waals surface area contributed by atoms with Crippen LogP contribution in [0, 0.1) is 0 Å². The lowest BCUT2D eigenvalue weighted by Crippen LogP contribution is -2.49. The zero-order valence-electron chi connectivity index (χ0n) is 9.48. The summed E-state index contributed by atoms with van der Waals surface area (Å²) in [5.41, 5.74) is 0.0217. The molecule has 5 nitrogen and oxygen atoms in total. The predicted octanol–water partition coefficient (Wildman–Crippen LogP) is -0.0816. The molecule has 15 heavy (non-hydrogen) atoms. The first kappa shape index (κ1) is 10.6. The molecule has 0 amide bonds. The average Bonchev–Trinajstić information content (AvgIpc) is 2.71. The van der Waals surface area contributed by atoms with Gasteiger partial charge in [-0.15, -0.1) is 0 Å². The van der Waals surface area contributed by atoms with Gasteiger partial charge >= 0.3 is 0 Å². The van der Waals surface area contributed by atoms with Crippen LogP contribution in [0.4, 0.5) is 0 Å². The highest BCUT2D eigenvalue weighted by atomic mass is 15.4. The Morgan fingerprint density at radius 3 is 2.67 bits per heavy atom. The Bertz CT molecular complexity index is 287. The molecule has 1 aromatic heterocycles. The second-order valence-corrected chi connectivity index (χ2v) is 4.68. The summed E-state index contributed by atoms with van der Waals surface area (Å²) in [5.74, 6) is 0. The molecule has 0 atom stereocenters. The van der Waals surface area contributed by atoms with Gasteiger partial charge in [0.25, 0.3) is 0 Å². The van der Waals surface area contributed by atoms with Gasteiger partial charge in [-0.3, -0.25) is 4.90 Å². The first-order valence-electron chi connectivity index (χ1n) is 5.47. The van der Waals surface area contributed by atoms with Crippen LogP contribution in [0.2, 0.25) is 0 Å². The second kappa shape index (κ2) is 4.28. The summed E-state index contributed by atoms with van der Waals surface area (Å²) in [4.78, 5) is 6.47. The Labute approximate surface area is 90.5 Å². The van der Waals surface area contributed by atoms with E-state index in [0.717, 1.165) is 32.7 Å². The van der Waals surface area contributed by atoms with Gasteiger partial charge in [0.2, 0.25) is 0 Å². The molecule has 5 heteroatoms. The highest BCUT2D eigenvalue weighted by Gasteiger charge is 2.25. The minimum absolute atomic E-state index is 0.0217. The van der Waals surface area contributed by atoms with E-state index in [2.05, 4.69) is 34.1 Å². The molecule has 1 aromatic rings. The number of nitrogens with one attached hydrogen (secondary N) is 1. The minimum atomic E-state index is 0.0217. The van der Waals surface area contributed by atoms with E-state index in [0.29, 0.717) is 0 Å². The molecular formula is C10H19N5. The van der Waals surface area contributed by atoms with Crippen LogP contribution in [0.25, 0.3) is 0 Å². The van der Waals surface area contributed by atoms with Crippen molar-refractivity contribution in [3.05, 3.63) is 12.7 Å². The third kappa shape index (κ3) is 2.54. The van der Waals surface area contributed by atoms with Gasteiger partial charge < -0.3 is 5.32 Å². The Morgan fingerprint density at radius 1 is 1.33 bits per heavy atom. The topological polar surface area (TPSA) is 46.0 Å². The van der Waals surface area contributed by atoms with Crippen molar-refractivity contribution in [3.63, 3.8) is 0 Å². The summed E-state index contributed by atoms with van der Waals surface area (Å²) in [7, 11) is 0. The van der Waals surface area contributed by atoms with Gasteiger partial charge in [-0.05, 0) is 13.8 Å². The van der Waals surface area contributed by atoms with Crippen molar-refractivity contribution < 1.29 is 0 Å². The summed E-state index contributed by atoms with van der Waals surface area (Å²) in [6, 6.07) is 0. The Kier molecular flexibility index (Phi) is 3.02. The monoisotopic (exact) mass is 209 g/mol. The molecule has 0 aliphatic carbocycles. The maximum absolute atomic E-state index is 4.22. The predicted molar refractivity (Wildman–Crippen MR) is 58.7 cm³/mol. The van der Waals surface area contributed by atoms with E-state index in [1.54, 1.807) is 12.7 Å². The number of hydrogen-bond donors (Lipinski definition) is 1. The largest absolute Gasteiger partial charge is 0.314 e. The number of rotatable bonds is 3. The summed E-state index contributed by atoms with van der Waals surface area (Å²) in [5, 5.41) is 7.58. The van der Waals surface area contributed by atoms with E-state index in [4.69, 9.17) is 0 Å². The molecule has 1 aliphatic heterocycles. The van der Waals surface area contributed by atoms with E-state index in [1.807, 2.05) is 4.68 Å². The Hall–Kier alpha value is -0.940. The molecule has 1 saturated heterocycles. The maximum atomic E-state index is 4.22. The van der Waals surface area contributed by atoms with Gasteiger partial charge in [-0.25, -0.2) is 9.67 Å². The molecule has 1 N–H and O–H groups in total. The van der Waals surface area contributed by atoms with Gasteiger partial charge in [-0.1, -0.05) is 0 Å². The zero-order chi connectivity index (χ0) is 10.7. The lowest BCUT2D eigenvalue weighted by atomic mass is 10.1. The highest BCUT2D eigenvalue weighted by molar-refractivity contribution is 4.82. The summed E-state index contributed by atoms with van der Waals surface area (Å²) in [6.45, 7) is 9.85. The van der Waals surface area contributed by atoms with Gasteiger partial charge in [0.1, 0.15) is 12.7 Å². The molecule has 0 saturated carbocycles. The maximum Gasteiger partial charge on any atom is 0.137 e. The van der Waals surface area contributed by atoms with Crippen LogP contribution in [-0.4, -0.2) is 52.4 Å². The Balaban J connectivity index is 1.97. The normalized spacial score (nSPS) is 19.3. The summed E-state index contributed by atoms with van der Waals surface area (Å²) in [6.07, 6.45) is 3.39. The summed E-state index contributed by atoms with van der Waals surface area (Å²) < 4.78 is 1.94. The molecular weight excluding hydrogens is 190 g/mol. The fourth-order valence-corrected chi connectivity index (χ4v) is 2.01. The van der Waals surface area contributed by atoms with Crippen molar-refractivity contribution >= 4 is 0 Å². The van der Waals surface area contributed by atoms with E-state index >= 15 is 0 Å². The number of piperazine rings is 1. The lowest BCUT2D eigenvalue weighted by Gasteiger charge is -2.35. The van der Waals surface area contributed by atoms with Gasteiger partial charge in [0.15, 0.2) is 0 Å². The van der Waals surface area contributed by atoms with Gasteiger partial charge in [0.05, 0.1) is 5.54 Å². The van der Waals surface area contributed by atoms with E-state index < -0.39 is 0 Å². The molecule has 0 aromatic carbocycles. The minimum Gasteiger partial charge on any atom is -0.314 e. The van der Waals surface area contributed by atoms with Crippen molar-refractivity contribution in [1.82, 2.24) is 25.0 Å². The standard InChI is InChI=1S/C10H19N5/c1-10(2,15-9-12-8-13-15)7-14-5-3-11-4-6-14/h8-9,11H,3-7H2,1-2H3. The van der Waals surface area contributed by atoms with Crippen LogP contribution in [0.5, 0.6) is 0 Å². The first-order valence-corrected chi connectivity index (χ1v) is 5.47. The van der Waals surface area contributed by atoms with Crippen molar-refractivity contribution in [2.24, 2.45) is 0 Å². The lowest BCUT2D eigenvalue weighted by molar-refractivity contribution is 0.154. The van der Waals surface area contributed by atoms with Crippen molar-refractivity contribution in [2.45, 2.75) is 19.4 Å². The number of nitrogens with zero attached hydrogens (tertiary/aromatic N) is 4. The van der Waals surface area contributed by atoms with Crippen LogP contribution >= 0.6 is 0 Å². The molecule has 1 aliphatic rings. The zero-order valence-corrected chi connectivity index (χ0v) is 9.48. The third-order valence-corrected chi connectivity index (χ3v) is 2.86. The highest BCUT2D eigenvalue weighted by Crippen LogP contribution is 2.14. The average molecular weight is 209 g/mol. The van der Waals surface area contributed by atoms with Crippen LogP contribution < -0.4 is 5.32 Å². The van der Waals surface area contributed by atoms with Crippen LogP contribution in [0.1, 0.15) is 13.8 Å². The fourth-order valence-electron chi connectivity index (χ4n) is 2.01. The molecule has 0 unspecified atom stereocenters. The molecule has 0 radical (unpaired) electrons. The molecule has 84 valence electrons. The molecule has 2 heterocycles. The van der Waals surface area contributed by atoms with E-state index in [9.17, 15) is 0 Å². The smallest absolute Gasteiger partial charge is 0.137 e. The molecule has 0 spiro atoms. The molecule has 0 bridgehead atoms. The fraction of sp³-hybridized carbons (Fsp3) is 0.800. The Morgan fingerprint density at radius 2 is 2.07 bits per heavy atom. The SMILES string of the molecule is CC(C)(CN1CCNCC1)n1cncn1. The second-order valence-electron chi connectivity index (χ2n) is 4.68. The first-order chi connectivity index (χ1) is 7.18. The van der Waals surface area contributed by atoms with Crippen molar-refractivity contribution in [3.8, 4) is 0 Å². The van der Waals surface area contributed by atoms with E-state index in [1.165, 1.54) is 0 Å². The number of hydrogen-bond acceptors (Lipinski definition) is 4. The summed E-state index contributed by atoms with van der Waals surface area (Å²) >= 11 is 0.